The van der Waals surface area contributed by atoms with Gasteiger partial charge in [-0.3, -0.25) is 14.9 Å². The van der Waals surface area contributed by atoms with Gasteiger partial charge in [-0.25, -0.2) is 18.7 Å². The van der Waals surface area contributed by atoms with Crippen LogP contribution in [0.4, 0.5) is 8.78 Å². The van der Waals surface area contributed by atoms with Gasteiger partial charge in [-0.05, 0) is 29.8 Å². The minimum Gasteiger partial charge on any atom is -0.341 e. The van der Waals surface area contributed by atoms with Crippen molar-refractivity contribution >= 4 is 27.8 Å². The Bertz CT molecular complexity index is 1420. The van der Waals surface area contributed by atoms with Crippen LogP contribution in [0.15, 0.2) is 67.0 Å². The van der Waals surface area contributed by atoms with Crippen molar-refractivity contribution in [2.45, 2.75) is 12.5 Å². The zero-order valence-corrected chi connectivity index (χ0v) is 17.9. The molecule has 3 heterocycles. The minimum absolute atomic E-state index is 0.0203. The van der Waals surface area contributed by atoms with Gasteiger partial charge >= 0.3 is 0 Å². The second kappa shape index (κ2) is 9.36. The Kier molecular flexibility index (Phi) is 5.96. The summed E-state index contributed by atoms with van der Waals surface area (Å²) in [6, 6.07) is 16.1. The van der Waals surface area contributed by atoms with E-state index in [2.05, 4.69) is 35.8 Å². The standard InChI is InChI=1S/C24H21F2N7O/c25-21(26)13-28-12-20(14-4-2-1-3-5-14)31-24(34)23-29-18-10-16-17(11-19(18)30-23)32-33-22(16)15-6-8-27-9-7-15/h1-11,20-21,28,32-33H,12-13H2,(H,31,34). The number of nitrogens with one attached hydrogen (secondary N) is 4. The van der Waals surface area contributed by atoms with Gasteiger partial charge in [-0.1, -0.05) is 30.3 Å². The number of hydrogen-bond donors (Lipinski definition) is 4. The normalized spacial score (nSPS) is 12.4. The van der Waals surface area contributed by atoms with Crippen LogP contribution in [0.3, 0.4) is 0 Å². The molecule has 172 valence electrons. The number of imidazole rings is 1. The van der Waals surface area contributed by atoms with E-state index in [-0.39, 0.29) is 12.4 Å². The topological polar surface area (TPSA) is 111 Å². The van der Waals surface area contributed by atoms with Gasteiger partial charge in [0.15, 0.2) is 0 Å². The number of fused-ring (bicyclic) bond motifs is 2. The lowest BCUT2D eigenvalue weighted by Crippen LogP contribution is -2.37. The van der Waals surface area contributed by atoms with Crippen LogP contribution < -0.4 is 10.6 Å². The molecular formula is C24H21F2N7O. The number of H-pyrrole nitrogens is 2. The molecule has 1 unspecified atom stereocenters. The van der Waals surface area contributed by atoms with Crippen molar-refractivity contribution in [3.63, 3.8) is 0 Å². The van der Waals surface area contributed by atoms with E-state index in [4.69, 9.17) is 0 Å². The maximum absolute atomic E-state index is 13.0. The third-order valence-corrected chi connectivity index (χ3v) is 5.49. The highest BCUT2D eigenvalue weighted by Gasteiger charge is 2.20. The summed E-state index contributed by atoms with van der Waals surface area (Å²) in [5.41, 5.74) is 4.60. The minimum atomic E-state index is -2.48. The molecule has 0 aliphatic heterocycles. The van der Waals surface area contributed by atoms with Gasteiger partial charge in [0.25, 0.3) is 12.3 Å². The number of rotatable bonds is 8. The summed E-state index contributed by atoms with van der Waals surface area (Å²) < 4.78 is 25.2. The Morgan fingerprint density at radius 3 is 2.41 bits per heavy atom. The summed E-state index contributed by atoms with van der Waals surface area (Å²) in [5.74, 6) is -0.458. The quantitative estimate of drug-likeness (QED) is 0.281. The molecule has 1 atom stereocenters. The van der Waals surface area contributed by atoms with Gasteiger partial charge in [0.2, 0.25) is 5.82 Å². The maximum atomic E-state index is 13.0. The van der Waals surface area contributed by atoms with E-state index < -0.39 is 24.9 Å². The fraction of sp³-hybridized carbons (Fsp3) is 0.167. The molecule has 5 aromatic rings. The van der Waals surface area contributed by atoms with Gasteiger partial charge in [-0.2, -0.15) is 0 Å². The van der Waals surface area contributed by atoms with Crippen molar-refractivity contribution in [3.05, 3.63) is 78.4 Å². The summed E-state index contributed by atoms with van der Waals surface area (Å²) in [6.45, 7) is -0.312. The third-order valence-electron chi connectivity index (χ3n) is 5.49. The van der Waals surface area contributed by atoms with Crippen LogP contribution in [0.25, 0.3) is 33.2 Å². The predicted octanol–water partition coefficient (Wildman–Crippen LogP) is 3.83. The highest BCUT2D eigenvalue weighted by atomic mass is 19.3. The van der Waals surface area contributed by atoms with E-state index in [0.717, 1.165) is 27.7 Å². The molecule has 0 fully saturated rings. The molecule has 34 heavy (non-hydrogen) atoms. The van der Waals surface area contributed by atoms with E-state index in [1.54, 1.807) is 12.4 Å². The summed E-state index contributed by atoms with van der Waals surface area (Å²) in [7, 11) is 0. The molecule has 10 heteroatoms. The van der Waals surface area contributed by atoms with Gasteiger partial charge in [0.05, 0.1) is 34.8 Å². The Morgan fingerprint density at radius 1 is 0.941 bits per heavy atom. The number of amides is 1. The van der Waals surface area contributed by atoms with E-state index in [9.17, 15) is 13.6 Å². The second-order valence-corrected chi connectivity index (χ2v) is 7.78. The molecule has 0 radical (unpaired) electrons. The van der Waals surface area contributed by atoms with Crippen molar-refractivity contribution in [1.82, 2.24) is 35.8 Å². The Morgan fingerprint density at radius 2 is 1.68 bits per heavy atom. The van der Waals surface area contributed by atoms with Gasteiger partial charge in [-0.15, -0.1) is 0 Å². The first-order valence-corrected chi connectivity index (χ1v) is 10.7. The molecule has 1 amide bonds. The molecular weight excluding hydrogens is 440 g/mol. The van der Waals surface area contributed by atoms with E-state index in [1.165, 1.54) is 0 Å². The van der Waals surface area contributed by atoms with Crippen molar-refractivity contribution in [2.75, 3.05) is 13.1 Å². The van der Waals surface area contributed by atoms with Crippen molar-refractivity contribution in [1.29, 1.82) is 0 Å². The largest absolute Gasteiger partial charge is 0.341 e. The Balaban J connectivity index is 1.41. The number of pyridine rings is 1. The molecule has 5 rings (SSSR count). The first kappa shape index (κ1) is 21.7. The number of benzene rings is 2. The van der Waals surface area contributed by atoms with Gasteiger partial charge in [0.1, 0.15) is 0 Å². The average Bonchev–Trinajstić information content (AvgIpc) is 3.46. The maximum Gasteiger partial charge on any atom is 0.289 e. The van der Waals surface area contributed by atoms with Crippen molar-refractivity contribution < 1.29 is 13.6 Å². The van der Waals surface area contributed by atoms with Gasteiger partial charge < -0.3 is 15.7 Å². The zero-order chi connectivity index (χ0) is 23.5. The number of halogens is 2. The number of aromatic amines is 2. The number of carbonyl (C=O) groups excluding carboxylic acids is 1. The van der Waals surface area contributed by atoms with Crippen LogP contribution in [-0.4, -0.2) is 50.6 Å². The van der Waals surface area contributed by atoms with Crippen LogP contribution in [0.1, 0.15) is 22.2 Å². The van der Waals surface area contributed by atoms with Crippen LogP contribution >= 0.6 is 0 Å². The van der Waals surface area contributed by atoms with Crippen LogP contribution in [-0.2, 0) is 0 Å². The molecule has 4 N–H and O–H groups in total. The van der Waals surface area contributed by atoms with Crippen LogP contribution in [0, 0.1) is 0 Å². The number of alkyl halides is 2. The fourth-order valence-corrected chi connectivity index (χ4v) is 3.86. The fourth-order valence-electron chi connectivity index (χ4n) is 3.86. The molecule has 0 aliphatic rings. The predicted molar refractivity (Wildman–Crippen MR) is 124 cm³/mol. The van der Waals surface area contributed by atoms with E-state index >= 15 is 0 Å². The highest BCUT2D eigenvalue weighted by Crippen LogP contribution is 2.29. The van der Waals surface area contributed by atoms with Crippen molar-refractivity contribution in [3.8, 4) is 11.3 Å². The lowest BCUT2D eigenvalue weighted by Gasteiger charge is -2.19. The smallest absolute Gasteiger partial charge is 0.289 e. The third kappa shape index (κ3) is 4.48. The summed E-state index contributed by atoms with van der Waals surface area (Å²) in [5, 5.41) is 12.7. The lowest BCUT2D eigenvalue weighted by molar-refractivity contribution is 0.0925. The number of hydrogen-bond acceptors (Lipinski definition) is 5. The summed E-state index contributed by atoms with van der Waals surface area (Å²) in [6.07, 6.45) is 0.949. The zero-order valence-electron chi connectivity index (χ0n) is 17.9. The Labute approximate surface area is 192 Å². The summed E-state index contributed by atoms with van der Waals surface area (Å²) in [4.78, 5) is 25.9. The molecule has 0 saturated heterocycles. The van der Waals surface area contributed by atoms with Gasteiger partial charge in [0, 0.05) is 29.9 Å². The lowest BCUT2D eigenvalue weighted by atomic mass is 10.1. The summed E-state index contributed by atoms with van der Waals surface area (Å²) >= 11 is 0. The average molecular weight is 461 g/mol. The monoisotopic (exact) mass is 461 g/mol. The number of aromatic nitrogens is 5. The molecule has 8 nitrogen and oxygen atoms in total. The first-order chi connectivity index (χ1) is 16.6. The Hall–Kier alpha value is -4.18. The highest BCUT2D eigenvalue weighted by molar-refractivity contribution is 6.02. The number of carbonyl (C=O) groups is 1. The van der Waals surface area contributed by atoms with Crippen molar-refractivity contribution in [2.24, 2.45) is 0 Å². The molecule has 2 aromatic carbocycles. The van der Waals surface area contributed by atoms with Crippen LogP contribution in [0.2, 0.25) is 0 Å². The molecule has 0 bridgehead atoms. The molecule has 3 aromatic heterocycles. The van der Waals surface area contributed by atoms with Crippen LogP contribution in [0.5, 0.6) is 0 Å². The second-order valence-electron chi connectivity index (χ2n) is 7.78. The molecule has 0 aliphatic carbocycles. The molecule has 0 saturated carbocycles. The first-order valence-electron chi connectivity index (χ1n) is 10.7. The SMILES string of the molecule is O=C(NC(CNCC(F)F)c1ccccc1)c1nc2cc3[nH][nH]c(-c4ccncc4)c3cc2n1. The van der Waals surface area contributed by atoms with E-state index in [0.29, 0.717) is 11.0 Å². The molecule has 0 spiro atoms. The number of nitrogens with zero attached hydrogens (tertiary/aromatic N) is 3. The van der Waals surface area contributed by atoms with E-state index in [1.807, 2.05) is 54.6 Å².